The van der Waals surface area contributed by atoms with Gasteiger partial charge in [0.15, 0.2) is 0 Å². The van der Waals surface area contributed by atoms with Crippen molar-refractivity contribution in [3.8, 4) is 0 Å². The highest BCUT2D eigenvalue weighted by atomic mass is 35.5. The van der Waals surface area contributed by atoms with Gasteiger partial charge in [-0.25, -0.2) is 8.42 Å². The summed E-state index contributed by atoms with van der Waals surface area (Å²) >= 11 is 17.9. The molecular weight excluding hydrogens is 471 g/mol. The van der Waals surface area contributed by atoms with E-state index < -0.39 is 15.9 Å². The highest BCUT2D eigenvalue weighted by molar-refractivity contribution is 7.89. The van der Waals surface area contributed by atoms with E-state index in [2.05, 4.69) is 5.32 Å². The first-order valence-electron chi connectivity index (χ1n) is 9.33. The number of carbonyl (C=O) groups is 1. The third kappa shape index (κ3) is 6.09. The number of nitrogens with one attached hydrogen (secondary N) is 1. The van der Waals surface area contributed by atoms with Gasteiger partial charge in [0.25, 0.3) is 0 Å². The lowest BCUT2D eigenvalue weighted by molar-refractivity contribution is -0.121. The van der Waals surface area contributed by atoms with Gasteiger partial charge in [-0.05, 0) is 54.8 Å². The summed E-state index contributed by atoms with van der Waals surface area (Å²) in [6.07, 6.45) is 1.79. The number of ether oxygens (including phenoxy) is 1. The molecule has 0 spiro atoms. The molecule has 2 aromatic rings. The summed E-state index contributed by atoms with van der Waals surface area (Å²) < 4.78 is 33.0. The van der Waals surface area contributed by atoms with Gasteiger partial charge in [0.2, 0.25) is 15.9 Å². The summed E-state index contributed by atoms with van der Waals surface area (Å²) in [5.74, 6) is -0.414. The molecular formula is C20H21Cl3N2O4S. The Morgan fingerprint density at radius 3 is 2.47 bits per heavy atom. The lowest BCUT2D eigenvalue weighted by atomic mass is 10.2. The van der Waals surface area contributed by atoms with E-state index in [9.17, 15) is 13.2 Å². The van der Waals surface area contributed by atoms with Gasteiger partial charge in [0.05, 0.1) is 27.6 Å². The fourth-order valence-electron chi connectivity index (χ4n) is 3.07. The number of carbonyl (C=O) groups excluding carboxylic acids is 1. The van der Waals surface area contributed by atoms with E-state index in [4.69, 9.17) is 39.5 Å². The van der Waals surface area contributed by atoms with E-state index >= 15 is 0 Å². The molecule has 10 heteroatoms. The molecule has 0 radical (unpaired) electrons. The predicted octanol–water partition coefficient (Wildman–Crippen LogP) is 4.13. The van der Waals surface area contributed by atoms with Crippen LogP contribution in [0.5, 0.6) is 0 Å². The van der Waals surface area contributed by atoms with Crippen LogP contribution in [0.15, 0.2) is 47.4 Å². The van der Waals surface area contributed by atoms with Gasteiger partial charge in [0, 0.05) is 24.7 Å². The number of nitrogens with zero attached hydrogens (tertiary/aromatic N) is 1. The number of benzene rings is 2. The highest BCUT2D eigenvalue weighted by Crippen LogP contribution is 2.25. The summed E-state index contributed by atoms with van der Waals surface area (Å²) in [7, 11) is -3.96. The molecule has 1 unspecified atom stereocenters. The molecule has 0 aromatic heterocycles. The van der Waals surface area contributed by atoms with Gasteiger partial charge < -0.3 is 10.1 Å². The third-order valence-corrected chi connectivity index (χ3v) is 7.46. The zero-order valence-corrected chi connectivity index (χ0v) is 19.1. The van der Waals surface area contributed by atoms with E-state index in [1.165, 1.54) is 24.3 Å². The minimum absolute atomic E-state index is 0.0367. The van der Waals surface area contributed by atoms with Gasteiger partial charge in [-0.1, -0.05) is 40.9 Å². The van der Waals surface area contributed by atoms with Crippen molar-refractivity contribution in [2.45, 2.75) is 30.4 Å². The third-order valence-electron chi connectivity index (χ3n) is 4.67. The highest BCUT2D eigenvalue weighted by Gasteiger charge is 2.27. The molecule has 0 bridgehead atoms. The summed E-state index contributed by atoms with van der Waals surface area (Å²) in [5.41, 5.74) is 0.605. The Bertz CT molecular complexity index is 994. The number of hydrogen-bond acceptors (Lipinski definition) is 4. The molecule has 3 rings (SSSR count). The summed E-state index contributed by atoms with van der Waals surface area (Å²) in [6, 6.07) is 10.6. The zero-order valence-electron chi connectivity index (χ0n) is 16.0. The molecule has 6 nitrogen and oxygen atoms in total. The van der Waals surface area contributed by atoms with Crippen LogP contribution in [0.2, 0.25) is 15.1 Å². The van der Waals surface area contributed by atoms with E-state index in [0.717, 1.165) is 17.1 Å². The quantitative estimate of drug-likeness (QED) is 0.602. The minimum atomic E-state index is -3.96. The van der Waals surface area contributed by atoms with E-state index in [1.54, 1.807) is 18.2 Å². The van der Waals surface area contributed by atoms with Crippen molar-refractivity contribution in [3.05, 3.63) is 63.1 Å². The number of hydrogen-bond donors (Lipinski definition) is 1. The fourth-order valence-corrected chi connectivity index (χ4v) is 4.90. The lowest BCUT2D eigenvalue weighted by Crippen LogP contribution is -2.42. The first kappa shape index (κ1) is 23.3. The Morgan fingerprint density at radius 1 is 1.10 bits per heavy atom. The average Bonchev–Trinajstić information content (AvgIpc) is 3.23. The van der Waals surface area contributed by atoms with Crippen molar-refractivity contribution >= 4 is 50.7 Å². The second kappa shape index (κ2) is 10.3. The SMILES string of the molecule is O=C(CN(Cc1ccc(Cl)c(Cl)c1)S(=O)(=O)c1ccc(Cl)cc1)NCC1CCCO1. The van der Waals surface area contributed by atoms with Crippen LogP contribution in [-0.4, -0.2) is 44.4 Å². The Morgan fingerprint density at radius 2 is 1.83 bits per heavy atom. The lowest BCUT2D eigenvalue weighted by Gasteiger charge is -2.22. The van der Waals surface area contributed by atoms with Crippen molar-refractivity contribution in [1.82, 2.24) is 9.62 Å². The fraction of sp³-hybridized carbons (Fsp3) is 0.350. The molecule has 1 aliphatic heterocycles. The van der Waals surface area contributed by atoms with Gasteiger partial charge in [-0.2, -0.15) is 4.31 Å². The van der Waals surface area contributed by atoms with Gasteiger partial charge in [0.1, 0.15) is 0 Å². The zero-order chi connectivity index (χ0) is 21.7. The second-order valence-corrected chi connectivity index (χ2v) is 10.1. The molecule has 0 saturated carbocycles. The van der Waals surface area contributed by atoms with Gasteiger partial charge in [-0.15, -0.1) is 0 Å². The average molecular weight is 492 g/mol. The maximum absolute atomic E-state index is 13.2. The van der Waals surface area contributed by atoms with Crippen molar-refractivity contribution in [1.29, 1.82) is 0 Å². The largest absolute Gasteiger partial charge is 0.376 e. The number of sulfonamides is 1. The van der Waals surface area contributed by atoms with Crippen LogP contribution in [-0.2, 0) is 26.1 Å². The summed E-state index contributed by atoms with van der Waals surface area (Å²) in [6.45, 7) is 0.627. The molecule has 0 aliphatic carbocycles. The van der Waals surface area contributed by atoms with Crippen molar-refractivity contribution in [2.75, 3.05) is 19.7 Å². The molecule has 1 amide bonds. The van der Waals surface area contributed by atoms with Crippen LogP contribution in [0.1, 0.15) is 18.4 Å². The Balaban J connectivity index is 1.80. The minimum Gasteiger partial charge on any atom is -0.376 e. The number of amides is 1. The number of halogens is 3. The Labute approximate surface area is 191 Å². The van der Waals surface area contributed by atoms with Crippen LogP contribution in [0.3, 0.4) is 0 Å². The molecule has 1 saturated heterocycles. The molecule has 1 N–H and O–H groups in total. The molecule has 2 aromatic carbocycles. The first-order chi connectivity index (χ1) is 14.3. The first-order valence-corrected chi connectivity index (χ1v) is 11.9. The van der Waals surface area contributed by atoms with Crippen molar-refractivity contribution in [3.63, 3.8) is 0 Å². The second-order valence-electron chi connectivity index (χ2n) is 6.91. The van der Waals surface area contributed by atoms with Crippen LogP contribution < -0.4 is 5.32 Å². The molecule has 1 atom stereocenters. The molecule has 1 heterocycles. The van der Waals surface area contributed by atoms with Crippen molar-refractivity contribution in [2.24, 2.45) is 0 Å². The van der Waals surface area contributed by atoms with Gasteiger partial charge >= 0.3 is 0 Å². The molecule has 1 aliphatic rings. The Hall–Kier alpha value is -1.35. The van der Waals surface area contributed by atoms with Crippen LogP contribution in [0.4, 0.5) is 0 Å². The standard InChI is InChI=1S/C20H21Cl3N2O4S/c21-15-4-6-17(7-5-15)30(27,28)25(12-14-3-8-18(22)19(23)10-14)13-20(26)24-11-16-2-1-9-29-16/h3-8,10,16H,1-2,9,11-13H2,(H,24,26). The van der Waals surface area contributed by atoms with E-state index in [0.29, 0.717) is 33.8 Å². The van der Waals surface area contributed by atoms with E-state index in [-0.39, 0.29) is 24.1 Å². The van der Waals surface area contributed by atoms with Crippen LogP contribution in [0, 0.1) is 0 Å². The monoisotopic (exact) mass is 490 g/mol. The molecule has 1 fully saturated rings. The number of rotatable bonds is 8. The molecule has 30 heavy (non-hydrogen) atoms. The maximum Gasteiger partial charge on any atom is 0.243 e. The van der Waals surface area contributed by atoms with Crippen LogP contribution >= 0.6 is 34.8 Å². The maximum atomic E-state index is 13.2. The normalized spacial score (nSPS) is 16.7. The topological polar surface area (TPSA) is 75.7 Å². The van der Waals surface area contributed by atoms with Crippen LogP contribution in [0.25, 0.3) is 0 Å². The van der Waals surface area contributed by atoms with Gasteiger partial charge in [-0.3, -0.25) is 4.79 Å². The van der Waals surface area contributed by atoms with Crippen molar-refractivity contribution < 1.29 is 17.9 Å². The predicted molar refractivity (Wildman–Crippen MR) is 117 cm³/mol. The van der Waals surface area contributed by atoms with E-state index in [1.807, 2.05) is 0 Å². The summed E-state index contributed by atoms with van der Waals surface area (Å²) in [4.78, 5) is 12.6. The summed E-state index contributed by atoms with van der Waals surface area (Å²) in [5, 5.41) is 3.84. The Kier molecular flexibility index (Phi) is 8.01. The molecule has 162 valence electrons. The smallest absolute Gasteiger partial charge is 0.243 e.